The predicted molar refractivity (Wildman–Crippen MR) is 237 cm³/mol. The number of imidazole rings is 1. The molecule has 2 unspecified atom stereocenters. The molecule has 0 fully saturated rings. The quantitative estimate of drug-likeness (QED) is 0.0406. The molecule has 61 heavy (non-hydrogen) atoms. The van der Waals surface area contributed by atoms with E-state index in [1.807, 2.05) is 110 Å². The molecule has 326 valence electrons. The van der Waals surface area contributed by atoms with Crippen molar-refractivity contribution in [3.05, 3.63) is 126 Å². The molecule has 5 aromatic rings. The van der Waals surface area contributed by atoms with Crippen molar-refractivity contribution in [1.82, 2.24) is 40.7 Å². The molecule has 0 radical (unpaired) electrons. The van der Waals surface area contributed by atoms with Crippen LogP contribution in [0, 0.1) is 0 Å². The smallest absolute Gasteiger partial charge is 0.407 e. The van der Waals surface area contributed by atoms with Gasteiger partial charge in [0.2, 0.25) is 5.91 Å². The van der Waals surface area contributed by atoms with E-state index in [1.165, 1.54) is 0 Å². The van der Waals surface area contributed by atoms with Gasteiger partial charge in [-0.2, -0.15) is 0 Å². The fourth-order valence-corrected chi connectivity index (χ4v) is 6.71. The minimum absolute atomic E-state index is 0.164. The van der Waals surface area contributed by atoms with Crippen molar-refractivity contribution in [2.75, 3.05) is 33.7 Å². The third kappa shape index (κ3) is 14.0. The first kappa shape index (κ1) is 45.9. The van der Waals surface area contributed by atoms with Gasteiger partial charge in [-0.05, 0) is 90.7 Å². The van der Waals surface area contributed by atoms with Crippen molar-refractivity contribution in [3.8, 4) is 0 Å². The van der Waals surface area contributed by atoms with E-state index in [4.69, 9.17) is 14.5 Å². The van der Waals surface area contributed by atoms with E-state index in [1.54, 1.807) is 45.7 Å². The van der Waals surface area contributed by atoms with Crippen LogP contribution in [0.5, 0.6) is 0 Å². The van der Waals surface area contributed by atoms with Crippen LogP contribution < -0.4 is 16.0 Å². The van der Waals surface area contributed by atoms with Gasteiger partial charge in [0.15, 0.2) is 0 Å². The van der Waals surface area contributed by atoms with Crippen molar-refractivity contribution in [2.24, 2.45) is 0 Å². The van der Waals surface area contributed by atoms with Crippen molar-refractivity contribution in [1.29, 1.82) is 0 Å². The first-order valence-electron chi connectivity index (χ1n) is 20.9. The minimum atomic E-state index is -1.17. The number of carbonyl (C=O) groups excluding carboxylic acids is 4. The zero-order valence-electron chi connectivity index (χ0n) is 36.5. The van der Waals surface area contributed by atoms with Crippen LogP contribution in [0.25, 0.3) is 10.9 Å². The summed E-state index contributed by atoms with van der Waals surface area (Å²) in [6.07, 6.45) is 4.80. The highest BCUT2D eigenvalue weighted by Crippen LogP contribution is 2.28. The Kier molecular flexibility index (Phi) is 16.1. The molecule has 0 aliphatic carbocycles. The molecular weight excluding hydrogens is 773 g/mol. The number of carbonyl (C=O) groups is 4. The van der Waals surface area contributed by atoms with Gasteiger partial charge < -0.3 is 45.2 Å². The molecule has 3 aromatic carbocycles. The van der Waals surface area contributed by atoms with Gasteiger partial charge in [0.1, 0.15) is 24.1 Å². The average molecular weight is 835 g/mol. The Morgan fingerprint density at radius 3 is 2.18 bits per heavy atom. The van der Waals surface area contributed by atoms with Gasteiger partial charge >= 0.3 is 18.1 Å². The van der Waals surface area contributed by atoms with Gasteiger partial charge in [0.25, 0.3) is 0 Å². The number of ether oxygens (including phenoxy) is 2. The van der Waals surface area contributed by atoms with Gasteiger partial charge in [-0.25, -0.2) is 19.4 Å². The van der Waals surface area contributed by atoms with E-state index < -0.39 is 41.1 Å². The molecule has 2 aromatic heterocycles. The number of likely N-dealkylation sites (N-methyl/N-ethyl adjacent to an activating group) is 1. The maximum absolute atomic E-state index is 14.2. The van der Waals surface area contributed by atoms with Crippen LogP contribution in [-0.4, -0.2) is 94.1 Å². The molecular formula is C47H62N8O6. The lowest BCUT2D eigenvalue weighted by Crippen LogP contribution is -2.50. The lowest BCUT2D eigenvalue weighted by molar-refractivity contribution is -0.159. The first-order chi connectivity index (χ1) is 29.1. The van der Waals surface area contributed by atoms with E-state index >= 15 is 0 Å². The van der Waals surface area contributed by atoms with Crippen molar-refractivity contribution < 1.29 is 28.7 Å². The third-order valence-electron chi connectivity index (χ3n) is 10.3. The van der Waals surface area contributed by atoms with E-state index in [-0.39, 0.29) is 19.1 Å². The van der Waals surface area contributed by atoms with E-state index in [0.29, 0.717) is 57.0 Å². The van der Waals surface area contributed by atoms with Crippen molar-refractivity contribution in [2.45, 2.75) is 96.6 Å². The lowest BCUT2D eigenvalue weighted by atomic mass is 9.88. The first-order valence-corrected chi connectivity index (χ1v) is 20.9. The molecule has 14 nitrogen and oxygen atoms in total. The van der Waals surface area contributed by atoms with E-state index in [9.17, 15) is 19.2 Å². The molecule has 4 amide bonds. The van der Waals surface area contributed by atoms with Gasteiger partial charge in [-0.1, -0.05) is 78.9 Å². The highest BCUT2D eigenvalue weighted by atomic mass is 16.6. The number of esters is 1. The summed E-state index contributed by atoms with van der Waals surface area (Å²) in [6.45, 7) is 10.9. The molecule has 0 saturated heterocycles. The van der Waals surface area contributed by atoms with Crippen molar-refractivity contribution >= 4 is 34.9 Å². The Morgan fingerprint density at radius 1 is 0.820 bits per heavy atom. The van der Waals surface area contributed by atoms with Crippen LogP contribution in [0.2, 0.25) is 0 Å². The molecule has 2 atom stereocenters. The molecule has 0 saturated carbocycles. The summed E-state index contributed by atoms with van der Waals surface area (Å²) in [5, 5.41) is 9.99. The Balaban J connectivity index is 1.29. The van der Waals surface area contributed by atoms with E-state index in [0.717, 1.165) is 27.6 Å². The number of aromatic amines is 2. The maximum Gasteiger partial charge on any atom is 0.407 e. The van der Waals surface area contributed by atoms with Crippen LogP contribution in [0.1, 0.15) is 88.1 Å². The standard InChI is InChI=1S/C47H62N8O6/c1-46(2,3)61-42(56)38(24-16-17-25-48-45(59)60-32-34-20-12-9-13-21-34)51-43(57)47(4,5)40-30-50-41(53-40)39(28-35-29-49-37-23-15-14-22-36(35)37)52-44(58)55(27-26-54(6)7)31-33-18-10-8-11-19-33/h8-15,18-23,29-30,38-39,49H,16-17,24-28,31-32H2,1-7H3,(H,48,59)(H,50,53)(H,51,57)(H,52,58). The summed E-state index contributed by atoms with van der Waals surface area (Å²) in [6, 6.07) is 25.5. The zero-order chi connectivity index (χ0) is 44.0. The second kappa shape index (κ2) is 21.4. The van der Waals surface area contributed by atoms with Gasteiger partial charge in [0.05, 0.1) is 11.5 Å². The number of fused-ring (bicyclic) bond motifs is 1. The van der Waals surface area contributed by atoms with Gasteiger partial charge in [-0.15, -0.1) is 0 Å². The molecule has 0 spiro atoms. The van der Waals surface area contributed by atoms with Gasteiger partial charge in [-0.3, -0.25) is 4.79 Å². The molecule has 5 rings (SSSR count). The van der Waals surface area contributed by atoms with Crippen LogP contribution in [0.3, 0.4) is 0 Å². The Hall–Kier alpha value is -6.15. The van der Waals surface area contributed by atoms with Crippen molar-refractivity contribution in [3.63, 3.8) is 0 Å². The molecule has 0 aliphatic heterocycles. The fraction of sp³-hybridized carbons (Fsp3) is 0.426. The minimum Gasteiger partial charge on any atom is -0.458 e. The number of alkyl carbamates (subject to hydrolysis) is 1. The SMILES string of the molecule is CN(C)CCN(Cc1ccccc1)C(=O)NC(Cc1c[nH]c2ccccc12)c1ncc(C(C)(C)C(=O)NC(CCCCNC(=O)OCc2ccccc2)C(=O)OC(C)(C)C)[nH]1. The lowest BCUT2D eigenvalue weighted by Gasteiger charge is -2.28. The third-order valence-corrected chi connectivity index (χ3v) is 10.3. The number of amides is 4. The van der Waals surface area contributed by atoms with Gasteiger partial charge in [0, 0.05) is 61.6 Å². The number of rotatable bonds is 20. The van der Waals surface area contributed by atoms with Crippen LogP contribution in [-0.2, 0) is 44.1 Å². The molecule has 14 heteroatoms. The number of benzene rings is 3. The van der Waals surface area contributed by atoms with Crippen LogP contribution in [0.4, 0.5) is 9.59 Å². The average Bonchev–Trinajstić information content (AvgIpc) is 3.89. The predicted octanol–water partition coefficient (Wildman–Crippen LogP) is 7.15. The number of H-pyrrole nitrogens is 2. The largest absolute Gasteiger partial charge is 0.458 e. The summed E-state index contributed by atoms with van der Waals surface area (Å²) < 4.78 is 11.0. The fourth-order valence-electron chi connectivity index (χ4n) is 6.71. The molecule has 5 N–H and O–H groups in total. The Labute approximate surface area is 359 Å². The summed E-state index contributed by atoms with van der Waals surface area (Å²) in [7, 11) is 3.95. The summed E-state index contributed by atoms with van der Waals surface area (Å²) >= 11 is 0. The molecule has 0 aliphatic rings. The zero-order valence-corrected chi connectivity index (χ0v) is 36.5. The number of nitrogens with zero attached hydrogens (tertiary/aromatic N) is 3. The maximum atomic E-state index is 14.2. The summed E-state index contributed by atoms with van der Waals surface area (Å²) in [5.74, 6) is -0.468. The van der Waals surface area contributed by atoms with E-state index in [2.05, 4.69) is 25.9 Å². The summed E-state index contributed by atoms with van der Waals surface area (Å²) in [5.41, 5.74) is 2.44. The number of aromatic nitrogens is 3. The number of urea groups is 1. The second-order valence-electron chi connectivity index (χ2n) is 17.1. The number of unbranched alkanes of at least 4 members (excludes halogenated alkanes) is 1. The number of nitrogens with one attached hydrogen (secondary N) is 5. The molecule has 0 bridgehead atoms. The summed E-state index contributed by atoms with van der Waals surface area (Å²) in [4.78, 5) is 69.3. The highest BCUT2D eigenvalue weighted by Gasteiger charge is 2.36. The Bertz CT molecular complexity index is 2180. The molecule has 2 heterocycles. The highest BCUT2D eigenvalue weighted by molar-refractivity contribution is 5.91. The topological polar surface area (TPSA) is 174 Å². The monoisotopic (exact) mass is 834 g/mol. The van der Waals surface area contributed by atoms with Crippen LogP contribution >= 0.6 is 0 Å². The normalized spacial score (nSPS) is 12.7. The van der Waals surface area contributed by atoms with Crippen LogP contribution in [0.15, 0.2) is 97.3 Å². The Morgan fingerprint density at radius 2 is 1.49 bits per heavy atom. The number of hydrogen-bond donors (Lipinski definition) is 5. The number of para-hydroxylation sites is 1. The number of hydrogen-bond acceptors (Lipinski definition) is 8. The second-order valence-corrected chi connectivity index (χ2v) is 17.1.